The van der Waals surface area contributed by atoms with Gasteiger partial charge in [-0.2, -0.15) is 18.4 Å². The predicted octanol–water partition coefficient (Wildman–Crippen LogP) is 1.70. The molecule has 19 heavy (non-hydrogen) atoms. The highest BCUT2D eigenvalue weighted by Crippen LogP contribution is 2.25. The average Bonchev–Trinajstić information content (AvgIpc) is 2.30. The molecule has 0 aliphatic heterocycles. The smallest absolute Gasteiger partial charge is 0.398 e. The molecule has 7 heteroatoms. The van der Waals surface area contributed by atoms with Gasteiger partial charge < -0.3 is 15.7 Å². The Balaban J connectivity index is 3.02. The maximum Gasteiger partial charge on any atom is 0.405 e. The lowest BCUT2D eigenvalue weighted by atomic mass is 10.1. The monoisotopic (exact) mass is 273 g/mol. The van der Waals surface area contributed by atoms with Crippen molar-refractivity contribution in [2.45, 2.75) is 12.6 Å². The summed E-state index contributed by atoms with van der Waals surface area (Å²) in [6, 6.07) is 6.25. The van der Waals surface area contributed by atoms with Crippen molar-refractivity contribution in [3.05, 3.63) is 23.8 Å². The van der Waals surface area contributed by atoms with Gasteiger partial charge in [-0.25, -0.2) is 0 Å². The summed E-state index contributed by atoms with van der Waals surface area (Å²) < 4.78 is 37.3. The number of aliphatic hydroxyl groups excluding tert-OH is 1. The summed E-state index contributed by atoms with van der Waals surface area (Å²) >= 11 is 0. The molecule has 0 aromatic heterocycles. The second-order valence-electron chi connectivity index (χ2n) is 3.98. The molecule has 0 bridgehead atoms. The number of benzene rings is 1. The van der Waals surface area contributed by atoms with Gasteiger partial charge in [0.15, 0.2) is 0 Å². The van der Waals surface area contributed by atoms with E-state index in [9.17, 15) is 13.2 Å². The SMILES string of the molecule is N#CCc1cc(N(CCO)CC(F)(F)F)ccc1N. The first-order chi connectivity index (χ1) is 8.87. The highest BCUT2D eigenvalue weighted by molar-refractivity contribution is 5.59. The number of halogens is 3. The first-order valence-electron chi connectivity index (χ1n) is 5.55. The highest BCUT2D eigenvalue weighted by Gasteiger charge is 2.30. The zero-order chi connectivity index (χ0) is 14.5. The standard InChI is InChI=1S/C12H14F3N3O/c13-12(14,15)8-18(5-6-19)10-1-2-11(17)9(7-10)3-4-16/h1-2,7,19H,3,5-6,8,17H2. The lowest BCUT2D eigenvalue weighted by Gasteiger charge is -2.25. The molecule has 3 N–H and O–H groups in total. The molecule has 104 valence electrons. The van der Waals surface area contributed by atoms with Crippen LogP contribution in [0.3, 0.4) is 0 Å². The van der Waals surface area contributed by atoms with Crippen molar-refractivity contribution < 1.29 is 18.3 Å². The Bertz CT molecular complexity index is 468. The summed E-state index contributed by atoms with van der Waals surface area (Å²) in [5.41, 5.74) is 6.76. The largest absolute Gasteiger partial charge is 0.405 e. The number of nitrogens with zero attached hydrogens (tertiary/aromatic N) is 2. The van der Waals surface area contributed by atoms with Crippen LogP contribution < -0.4 is 10.6 Å². The van der Waals surface area contributed by atoms with E-state index < -0.39 is 19.3 Å². The fraction of sp³-hybridized carbons (Fsp3) is 0.417. The number of alkyl halides is 3. The van der Waals surface area contributed by atoms with Crippen LogP contribution in [0.25, 0.3) is 0 Å². The van der Waals surface area contributed by atoms with Crippen LogP contribution in [0, 0.1) is 11.3 Å². The third-order valence-corrected chi connectivity index (χ3v) is 2.50. The summed E-state index contributed by atoms with van der Waals surface area (Å²) in [5, 5.41) is 17.5. The van der Waals surface area contributed by atoms with Crippen LogP contribution in [0.1, 0.15) is 5.56 Å². The molecule has 0 saturated carbocycles. The van der Waals surface area contributed by atoms with Crippen LogP contribution in [-0.4, -0.2) is 31.0 Å². The first kappa shape index (κ1) is 15.1. The number of hydrogen-bond donors (Lipinski definition) is 2. The van der Waals surface area contributed by atoms with E-state index in [1.165, 1.54) is 18.2 Å². The van der Waals surface area contributed by atoms with Crippen LogP contribution in [-0.2, 0) is 6.42 Å². The maximum absolute atomic E-state index is 12.4. The van der Waals surface area contributed by atoms with Gasteiger partial charge in [-0.05, 0) is 23.8 Å². The van der Waals surface area contributed by atoms with E-state index in [1.807, 2.05) is 6.07 Å². The number of rotatable bonds is 5. The topological polar surface area (TPSA) is 73.3 Å². The molecule has 0 aliphatic carbocycles. The van der Waals surface area contributed by atoms with Crippen LogP contribution in [0.15, 0.2) is 18.2 Å². The molecule has 0 heterocycles. The first-order valence-corrected chi connectivity index (χ1v) is 5.55. The molecule has 1 aromatic rings. The molecular formula is C12H14F3N3O. The molecule has 0 fully saturated rings. The Morgan fingerprint density at radius 2 is 2.05 bits per heavy atom. The minimum absolute atomic E-state index is 0.0264. The van der Waals surface area contributed by atoms with Crippen LogP contribution in [0.4, 0.5) is 24.5 Å². The van der Waals surface area contributed by atoms with Gasteiger partial charge in [-0.1, -0.05) is 0 Å². The van der Waals surface area contributed by atoms with Gasteiger partial charge >= 0.3 is 6.18 Å². The fourth-order valence-electron chi connectivity index (χ4n) is 1.66. The summed E-state index contributed by atoms with van der Waals surface area (Å²) in [7, 11) is 0. The summed E-state index contributed by atoms with van der Waals surface area (Å²) in [6.07, 6.45) is -4.34. The van der Waals surface area contributed by atoms with E-state index in [0.717, 1.165) is 4.90 Å². The van der Waals surface area contributed by atoms with E-state index in [2.05, 4.69) is 0 Å². The lowest BCUT2D eigenvalue weighted by Crippen LogP contribution is -2.36. The Morgan fingerprint density at radius 3 is 2.58 bits per heavy atom. The van der Waals surface area contributed by atoms with Crippen molar-refractivity contribution in [3.63, 3.8) is 0 Å². The van der Waals surface area contributed by atoms with Gasteiger partial charge in [0.05, 0.1) is 19.1 Å². The minimum Gasteiger partial charge on any atom is -0.398 e. The van der Waals surface area contributed by atoms with E-state index >= 15 is 0 Å². The Labute approximate surface area is 108 Å². The zero-order valence-corrected chi connectivity index (χ0v) is 10.1. The summed E-state index contributed by atoms with van der Waals surface area (Å²) in [4.78, 5) is 1.00. The van der Waals surface area contributed by atoms with Crippen LogP contribution in [0.2, 0.25) is 0 Å². The molecule has 0 amide bonds. The van der Waals surface area contributed by atoms with E-state index in [1.54, 1.807) is 0 Å². The zero-order valence-electron chi connectivity index (χ0n) is 10.1. The normalized spacial score (nSPS) is 11.1. The molecule has 0 atom stereocenters. The number of anilines is 2. The molecule has 0 aliphatic rings. The van der Waals surface area contributed by atoms with Crippen molar-refractivity contribution in [2.24, 2.45) is 0 Å². The van der Waals surface area contributed by atoms with Crippen molar-refractivity contribution >= 4 is 11.4 Å². The van der Waals surface area contributed by atoms with Gasteiger partial charge in [0.2, 0.25) is 0 Å². The molecule has 1 rings (SSSR count). The molecule has 1 aromatic carbocycles. The molecular weight excluding hydrogens is 259 g/mol. The molecule has 0 saturated heterocycles. The van der Waals surface area contributed by atoms with Crippen LogP contribution in [0.5, 0.6) is 0 Å². The van der Waals surface area contributed by atoms with Gasteiger partial charge in [-0.15, -0.1) is 0 Å². The minimum atomic E-state index is -4.37. The molecule has 0 spiro atoms. The summed E-state index contributed by atoms with van der Waals surface area (Å²) in [6.45, 7) is -1.70. The van der Waals surface area contributed by atoms with Crippen molar-refractivity contribution in [3.8, 4) is 6.07 Å². The third kappa shape index (κ3) is 4.67. The van der Waals surface area contributed by atoms with Crippen molar-refractivity contribution in [1.29, 1.82) is 5.26 Å². The predicted molar refractivity (Wildman–Crippen MR) is 65.5 cm³/mol. The van der Waals surface area contributed by atoms with Gasteiger partial charge in [0.1, 0.15) is 6.54 Å². The number of nitrogens with two attached hydrogens (primary N) is 1. The second-order valence-corrected chi connectivity index (χ2v) is 3.98. The van der Waals surface area contributed by atoms with E-state index in [4.69, 9.17) is 16.1 Å². The third-order valence-electron chi connectivity index (χ3n) is 2.50. The van der Waals surface area contributed by atoms with Gasteiger partial charge in [0.25, 0.3) is 0 Å². The fourth-order valence-corrected chi connectivity index (χ4v) is 1.66. The van der Waals surface area contributed by atoms with E-state index in [0.29, 0.717) is 11.3 Å². The lowest BCUT2D eigenvalue weighted by molar-refractivity contribution is -0.119. The molecule has 0 radical (unpaired) electrons. The van der Waals surface area contributed by atoms with Gasteiger partial charge in [-0.3, -0.25) is 0 Å². The number of aliphatic hydroxyl groups is 1. The number of hydrogen-bond acceptors (Lipinski definition) is 4. The van der Waals surface area contributed by atoms with Crippen LogP contribution >= 0.6 is 0 Å². The Kier molecular flexibility index (Phi) is 5.01. The maximum atomic E-state index is 12.4. The van der Waals surface area contributed by atoms with Crippen molar-refractivity contribution in [1.82, 2.24) is 0 Å². The second kappa shape index (κ2) is 6.29. The highest BCUT2D eigenvalue weighted by atomic mass is 19.4. The summed E-state index contributed by atoms with van der Waals surface area (Å²) in [5.74, 6) is 0. The average molecular weight is 273 g/mol. The molecule has 4 nitrogen and oxygen atoms in total. The number of nitrogen functional groups attached to an aromatic ring is 1. The van der Waals surface area contributed by atoms with E-state index in [-0.39, 0.29) is 18.7 Å². The van der Waals surface area contributed by atoms with Gasteiger partial charge in [0, 0.05) is 17.9 Å². The van der Waals surface area contributed by atoms with Crippen molar-refractivity contribution in [2.75, 3.05) is 30.3 Å². The Morgan fingerprint density at radius 1 is 1.37 bits per heavy atom. The number of nitriles is 1. The Hall–Kier alpha value is -1.94. The molecule has 0 unspecified atom stereocenters. The quantitative estimate of drug-likeness (QED) is 0.801.